The topological polar surface area (TPSA) is 35.8 Å². The van der Waals surface area contributed by atoms with Gasteiger partial charge in [-0.2, -0.15) is 5.26 Å². The molecule has 1 atom stereocenters. The van der Waals surface area contributed by atoms with Crippen LogP contribution in [0, 0.1) is 11.3 Å². The third kappa shape index (κ3) is 4.17. The van der Waals surface area contributed by atoms with E-state index in [1.807, 2.05) is 26.0 Å². The lowest BCUT2D eigenvalue weighted by Crippen LogP contribution is -2.43. The highest BCUT2D eigenvalue weighted by Gasteiger charge is 2.22. The van der Waals surface area contributed by atoms with Gasteiger partial charge in [0.2, 0.25) is 0 Å². The quantitative estimate of drug-likeness (QED) is 0.846. The van der Waals surface area contributed by atoms with Crippen molar-refractivity contribution in [2.24, 2.45) is 0 Å². The third-order valence-corrected chi connectivity index (χ3v) is 4.01. The van der Waals surface area contributed by atoms with Crippen LogP contribution in [-0.2, 0) is 0 Å². The van der Waals surface area contributed by atoms with Gasteiger partial charge in [0.15, 0.2) is 0 Å². The molecule has 1 rings (SSSR count). The van der Waals surface area contributed by atoms with Gasteiger partial charge in [0.05, 0.1) is 6.07 Å². The second-order valence-electron chi connectivity index (χ2n) is 3.72. The van der Waals surface area contributed by atoms with Crippen LogP contribution in [0.3, 0.4) is 0 Å². The molecule has 1 N–H and O–H groups in total. The van der Waals surface area contributed by atoms with Crippen LogP contribution in [0.2, 0.25) is 0 Å². The maximum absolute atomic E-state index is 9.11. The average molecular weight is 299 g/mol. The van der Waals surface area contributed by atoms with E-state index in [9.17, 15) is 0 Å². The predicted molar refractivity (Wildman–Crippen MR) is 72.6 cm³/mol. The van der Waals surface area contributed by atoms with Crippen molar-refractivity contribution in [3.05, 3.63) is 28.7 Å². The zero-order valence-electron chi connectivity index (χ0n) is 9.46. The van der Waals surface area contributed by atoms with Gasteiger partial charge in [0, 0.05) is 15.1 Å². The highest BCUT2D eigenvalue weighted by molar-refractivity contribution is 9.10. The van der Waals surface area contributed by atoms with Crippen LogP contribution in [0.15, 0.2) is 33.6 Å². The van der Waals surface area contributed by atoms with E-state index < -0.39 is 5.54 Å². The number of nitrogens with one attached hydrogen (secondary N) is 1. The van der Waals surface area contributed by atoms with Gasteiger partial charge in [0.25, 0.3) is 0 Å². The molecule has 0 amide bonds. The Balaban J connectivity index is 2.56. The van der Waals surface area contributed by atoms with Crippen LogP contribution >= 0.6 is 27.7 Å². The van der Waals surface area contributed by atoms with Crippen LogP contribution in [0.1, 0.15) is 13.8 Å². The molecule has 0 bridgehead atoms. The van der Waals surface area contributed by atoms with Crippen LogP contribution in [0.4, 0.5) is 0 Å². The SMILES string of the molecule is CCNC(C)(C#N)CSc1ccc(Br)cc1. The molecule has 1 aromatic rings. The molecule has 1 unspecified atom stereocenters. The van der Waals surface area contributed by atoms with Crippen molar-refractivity contribution in [2.45, 2.75) is 24.3 Å². The van der Waals surface area contributed by atoms with E-state index in [1.54, 1.807) is 11.8 Å². The second-order valence-corrected chi connectivity index (χ2v) is 5.68. The molecule has 2 nitrogen and oxygen atoms in total. The largest absolute Gasteiger partial charge is 0.299 e. The first-order valence-electron chi connectivity index (χ1n) is 5.14. The molecule has 0 spiro atoms. The Labute approximate surface area is 110 Å². The van der Waals surface area contributed by atoms with Gasteiger partial charge in [-0.3, -0.25) is 5.32 Å². The first-order chi connectivity index (χ1) is 7.59. The second kappa shape index (κ2) is 6.29. The number of nitrogens with zero attached hydrogens (tertiary/aromatic N) is 1. The first kappa shape index (κ1) is 13.6. The number of nitriles is 1. The minimum atomic E-state index is -0.452. The van der Waals surface area contributed by atoms with E-state index in [0.717, 1.165) is 16.8 Å². The fourth-order valence-electron chi connectivity index (χ4n) is 1.27. The summed E-state index contributed by atoms with van der Waals surface area (Å²) in [6, 6.07) is 10.5. The summed E-state index contributed by atoms with van der Waals surface area (Å²) in [6.07, 6.45) is 0. The minimum Gasteiger partial charge on any atom is -0.299 e. The lowest BCUT2D eigenvalue weighted by Gasteiger charge is -2.21. The molecule has 1 aromatic carbocycles. The number of rotatable bonds is 5. The Bertz CT molecular complexity index is 372. The monoisotopic (exact) mass is 298 g/mol. The molecule has 4 heteroatoms. The lowest BCUT2D eigenvalue weighted by molar-refractivity contribution is 0.511. The van der Waals surface area contributed by atoms with Crippen LogP contribution in [0.5, 0.6) is 0 Å². The minimum absolute atomic E-state index is 0.452. The zero-order valence-corrected chi connectivity index (χ0v) is 11.9. The van der Waals surface area contributed by atoms with E-state index in [4.69, 9.17) is 5.26 Å². The van der Waals surface area contributed by atoms with Gasteiger partial charge in [0.1, 0.15) is 5.54 Å². The van der Waals surface area contributed by atoms with Gasteiger partial charge in [-0.1, -0.05) is 22.9 Å². The molecular weight excluding hydrogens is 284 g/mol. The molecule has 0 heterocycles. The van der Waals surface area contributed by atoms with Crippen molar-refractivity contribution in [3.63, 3.8) is 0 Å². The smallest absolute Gasteiger partial charge is 0.113 e. The molecule has 16 heavy (non-hydrogen) atoms. The molecule has 86 valence electrons. The Hall–Kier alpha value is -0.500. The van der Waals surface area contributed by atoms with Crippen molar-refractivity contribution >= 4 is 27.7 Å². The Morgan fingerprint density at radius 3 is 2.56 bits per heavy atom. The van der Waals surface area contributed by atoms with E-state index >= 15 is 0 Å². The predicted octanol–water partition coefficient (Wildman–Crippen LogP) is 3.43. The number of thioether (sulfide) groups is 1. The maximum atomic E-state index is 9.11. The van der Waals surface area contributed by atoms with Crippen LogP contribution in [-0.4, -0.2) is 17.8 Å². The summed E-state index contributed by atoms with van der Waals surface area (Å²) in [5, 5.41) is 12.3. The summed E-state index contributed by atoms with van der Waals surface area (Å²) in [7, 11) is 0. The Morgan fingerprint density at radius 1 is 1.44 bits per heavy atom. The zero-order chi connectivity index (χ0) is 12.0. The Kier molecular flexibility index (Phi) is 5.33. The molecule has 0 aliphatic heterocycles. The van der Waals surface area contributed by atoms with E-state index in [0.29, 0.717) is 0 Å². The number of hydrogen-bond acceptors (Lipinski definition) is 3. The average Bonchev–Trinajstić information content (AvgIpc) is 2.29. The standard InChI is InChI=1S/C12H15BrN2S/c1-3-15-12(2,8-14)9-16-11-6-4-10(13)5-7-11/h4-7,15H,3,9H2,1-2H3. The van der Waals surface area contributed by atoms with Crippen molar-refractivity contribution in [2.75, 3.05) is 12.3 Å². The molecule has 0 radical (unpaired) electrons. The first-order valence-corrected chi connectivity index (χ1v) is 6.92. The van der Waals surface area contributed by atoms with Gasteiger partial charge in [-0.25, -0.2) is 0 Å². The summed E-state index contributed by atoms with van der Waals surface area (Å²) in [5.41, 5.74) is -0.452. The molecule has 0 aromatic heterocycles. The van der Waals surface area contributed by atoms with Gasteiger partial charge < -0.3 is 0 Å². The summed E-state index contributed by atoms with van der Waals surface area (Å²) in [6.45, 7) is 4.76. The fourth-order valence-corrected chi connectivity index (χ4v) is 2.49. The van der Waals surface area contributed by atoms with Crippen LogP contribution in [0.25, 0.3) is 0 Å². The highest BCUT2D eigenvalue weighted by Crippen LogP contribution is 2.24. The number of benzene rings is 1. The third-order valence-electron chi connectivity index (χ3n) is 2.15. The summed E-state index contributed by atoms with van der Waals surface area (Å²) in [5.74, 6) is 0.749. The highest BCUT2D eigenvalue weighted by atomic mass is 79.9. The van der Waals surface area contributed by atoms with Gasteiger partial charge >= 0.3 is 0 Å². The van der Waals surface area contributed by atoms with Gasteiger partial charge in [-0.05, 0) is 37.7 Å². The van der Waals surface area contributed by atoms with Gasteiger partial charge in [-0.15, -0.1) is 11.8 Å². The van der Waals surface area contributed by atoms with Crippen LogP contribution < -0.4 is 5.32 Å². The van der Waals surface area contributed by atoms with E-state index in [2.05, 4.69) is 39.4 Å². The summed E-state index contributed by atoms with van der Waals surface area (Å²) < 4.78 is 1.08. The molecule has 0 saturated heterocycles. The number of halogens is 1. The van der Waals surface area contributed by atoms with E-state index in [1.165, 1.54) is 4.90 Å². The Morgan fingerprint density at radius 2 is 2.06 bits per heavy atom. The molecule has 0 saturated carbocycles. The van der Waals surface area contributed by atoms with Crippen molar-refractivity contribution in [1.29, 1.82) is 5.26 Å². The maximum Gasteiger partial charge on any atom is 0.113 e. The molecule has 0 aliphatic carbocycles. The molecule has 0 aliphatic rings. The molecular formula is C12H15BrN2S. The van der Waals surface area contributed by atoms with Crippen molar-refractivity contribution < 1.29 is 0 Å². The van der Waals surface area contributed by atoms with Crippen molar-refractivity contribution in [3.8, 4) is 6.07 Å². The molecule has 0 fully saturated rings. The normalized spacial score (nSPS) is 14.1. The summed E-state index contributed by atoms with van der Waals surface area (Å²) >= 11 is 5.10. The van der Waals surface area contributed by atoms with Crippen molar-refractivity contribution in [1.82, 2.24) is 5.32 Å². The van der Waals surface area contributed by atoms with E-state index in [-0.39, 0.29) is 0 Å². The fraction of sp³-hybridized carbons (Fsp3) is 0.417. The number of hydrogen-bond donors (Lipinski definition) is 1. The summed E-state index contributed by atoms with van der Waals surface area (Å²) in [4.78, 5) is 1.18. The lowest BCUT2D eigenvalue weighted by atomic mass is 10.1.